The molecule has 1 aromatic heterocycles. The van der Waals surface area contributed by atoms with E-state index in [0.717, 1.165) is 5.56 Å². The molecule has 0 aliphatic rings. The topological polar surface area (TPSA) is 60.9 Å². The molecule has 0 atom stereocenters. The van der Waals surface area contributed by atoms with E-state index in [1.807, 2.05) is 6.92 Å². The third-order valence-electron chi connectivity index (χ3n) is 2.22. The quantitative estimate of drug-likeness (QED) is 0.830. The molecule has 2 aromatic rings. The zero-order chi connectivity index (χ0) is 11.7. The van der Waals surface area contributed by atoms with Crippen LogP contribution in [0.1, 0.15) is 15.9 Å². The Morgan fingerprint density at radius 3 is 2.88 bits per heavy atom. The average Bonchev–Trinajstić information content (AvgIpc) is 2.70. The highest BCUT2D eigenvalue weighted by Gasteiger charge is 2.09. The van der Waals surface area contributed by atoms with E-state index < -0.39 is 11.7 Å². The second kappa shape index (κ2) is 3.77. The molecule has 0 saturated carbocycles. The van der Waals surface area contributed by atoms with Crippen LogP contribution in [0.15, 0.2) is 30.6 Å². The van der Waals surface area contributed by atoms with Gasteiger partial charge in [0.25, 0.3) is 5.91 Å². The Labute approximate surface area is 91.5 Å². The second-order valence-corrected chi connectivity index (χ2v) is 3.49. The highest BCUT2D eigenvalue weighted by Crippen LogP contribution is 2.14. The van der Waals surface area contributed by atoms with Crippen molar-refractivity contribution in [3.63, 3.8) is 0 Å². The van der Waals surface area contributed by atoms with Gasteiger partial charge in [0, 0.05) is 6.20 Å². The van der Waals surface area contributed by atoms with Gasteiger partial charge >= 0.3 is 0 Å². The monoisotopic (exact) mass is 219 g/mol. The van der Waals surface area contributed by atoms with E-state index in [1.54, 1.807) is 12.1 Å². The molecule has 0 radical (unpaired) electrons. The molecule has 1 aromatic carbocycles. The zero-order valence-electron chi connectivity index (χ0n) is 8.64. The first-order valence-corrected chi connectivity index (χ1v) is 4.69. The third kappa shape index (κ3) is 1.79. The van der Waals surface area contributed by atoms with Gasteiger partial charge in [-0.05, 0) is 24.6 Å². The van der Waals surface area contributed by atoms with Crippen LogP contribution in [0.2, 0.25) is 0 Å². The van der Waals surface area contributed by atoms with Crippen LogP contribution in [0, 0.1) is 12.7 Å². The van der Waals surface area contributed by atoms with Crippen molar-refractivity contribution < 1.29 is 9.18 Å². The Hall–Kier alpha value is -2.17. The summed E-state index contributed by atoms with van der Waals surface area (Å²) in [5.41, 5.74) is 6.55. The van der Waals surface area contributed by atoms with E-state index in [0.29, 0.717) is 5.69 Å². The number of hydrogen-bond donors (Lipinski definition) is 1. The number of aryl methyl sites for hydroxylation is 1. The number of nitrogens with zero attached hydrogens (tertiary/aromatic N) is 2. The average molecular weight is 219 g/mol. The van der Waals surface area contributed by atoms with Gasteiger partial charge in [0.15, 0.2) is 0 Å². The molecule has 2 rings (SSSR count). The van der Waals surface area contributed by atoms with Crippen molar-refractivity contribution in [3.05, 3.63) is 47.5 Å². The molecule has 0 saturated heterocycles. The number of halogens is 1. The predicted octanol–water partition coefficient (Wildman–Crippen LogP) is 1.42. The maximum absolute atomic E-state index is 13.5. The molecule has 0 fully saturated rings. The van der Waals surface area contributed by atoms with E-state index in [1.165, 1.54) is 23.1 Å². The fourth-order valence-corrected chi connectivity index (χ4v) is 1.38. The Morgan fingerprint density at radius 2 is 2.25 bits per heavy atom. The summed E-state index contributed by atoms with van der Waals surface area (Å²) >= 11 is 0. The van der Waals surface area contributed by atoms with Crippen molar-refractivity contribution in [2.45, 2.75) is 6.92 Å². The Balaban J connectivity index is 2.50. The number of hydrogen-bond acceptors (Lipinski definition) is 2. The van der Waals surface area contributed by atoms with Crippen LogP contribution in [-0.2, 0) is 0 Å². The van der Waals surface area contributed by atoms with Gasteiger partial charge in [-0.3, -0.25) is 4.79 Å². The number of aromatic nitrogens is 2. The first kappa shape index (κ1) is 10.4. The lowest BCUT2D eigenvalue weighted by Gasteiger charge is -2.03. The summed E-state index contributed by atoms with van der Waals surface area (Å²) in [4.78, 5) is 10.9. The minimum atomic E-state index is -0.584. The number of benzene rings is 1. The largest absolute Gasteiger partial charge is 0.366 e. The first-order chi connectivity index (χ1) is 7.58. The molecule has 82 valence electrons. The van der Waals surface area contributed by atoms with E-state index in [9.17, 15) is 9.18 Å². The summed E-state index contributed by atoms with van der Waals surface area (Å²) in [6, 6.07) is 4.67. The number of rotatable bonds is 2. The van der Waals surface area contributed by atoms with Gasteiger partial charge < -0.3 is 5.73 Å². The second-order valence-electron chi connectivity index (χ2n) is 3.49. The van der Waals surface area contributed by atoms with Crippen LogP contribution < -0.4 is 5.73 Å². The highest BCUT2D eigenvalue weighted by atomic mass is 19.1. The molecule has 0 aliphatic heterocycles. The first-order valence-electron chi connectivity index (χ1n) is 4.69. The summed E-state index contributed by atoms with van der Waals surface area (Å²) in [7, 11) is 0. The number of primary amides is 1. The minimum Gasteiger partial charge on any atom is -0.366 e. The lowest BCUT2D eigenvalue weighted by molar-refractivity contribution is 0.100. The van der Waals surface area contributed by atoms with Gasteiger partial charge in [0.05, 0.1) is 11.8 Å². The molecular weight excluding hydrogens is 209 g/mol. The van der Waals surface area contributed by atoms with Gasteiger partial charge in [-0.2, -0.15) is 5.10 Å². The third-order valence-corrected chi connectivity index (χ3v) is 2.22. The Bertz CT molecular complexity index is 548. The van der Waals surface area contributed by atoms with E-state index >= 15 is 0 Å². The molecule has 0 unspecified atom stereocenters. The standard InChI is InChI=1S/C11H10FN3O/c1-7-2-3-9(12)10(4-7)15-6-8(5-14-15)11(13)16/h2-6H,1H3,(H2,13,16). The fraction of sp³-hybridized carbons (Fsp3) is 0.0909. The normalized spacial score (nSPS) is 10.4. The molecule has 1 heterocycles. The predicted molar refractivity (Wildman–Crippen MR) is 56.8 cm³/mol. The van der Waals surface area contributed by atoms with E-state index in [2.05, 4.69) is 5.10 Å². The maximum Gasteiger partial charge on any atom is 0.251 e. The van der Waals surface area contributed by atoms with Crippen LogP contribution in [0.25, 0.3) is 5.69 Å². The van der Waals surface area contributed by atoms with Crippen molar-refractivity contribution in [2.24, 2.45) is 5.73 Å². The van der Waals surface area contributed by atoms with Crippen LogP contribution in [0.3, 0.4) is 0 Å². The minimum absolute atomic E-state index is 0.251. The van der Waals surface area contributed by atoms with Crippen molar-refractivity contribution in [1.29, 1.82) is 0 Å². The van der Waals surface area contributed by atoms with Crippen molar-refractivity contribution in [3.8, 4) is 5.69 Å². The van der Waals surface area contributed by atoms with E-state index in [4.69, 9.17) is 5.73 Å². The molecular formula is C11H10FN3O. The lowest BCUT2D eigenvalue weighted by atomic mass is 10.2. The summed E-state index contributed by atoms with van der Waals surface area (Å²) in [6.07, 6.45) is 2.71. The molecule has 5 heteroatoms. The lowest BCUT2D eigenvalue weighted by Crippen LogP contribution is -2.09. The maximum atomic E-state index is 13.5. The molecule has 0 aliphatic carbocycles. The molecule has 16 heavy (non-hydrogen) atoms. The number of carbonyl (C=O) groups excluding carboxylic acids is 1. The van der Waals surface area contributed by atoms with Crippen LogP contribution in [0.4, 0.5) is 4.39 Å². The molecule has 1 amide bonds. The van der Waals surface area contributed by atoms with E-state index in [-0.39, 0.29) is 5.56 Å². The van der Waals surface area contributed by atoms with Crippen molar-refractivity contribution in [2.75, 3.05) is 0 Å². The van der Waals surface area contributed by atoms with Crippen LogP contribution in [0.5, 0.6) is 0 Å². The molecule has 0 spiro atoms. The van der Waals surface area contributed by atoms with Gasteiger partial charge in [-0.15, -0.1) is 0 Å². The Morgan fingerprint density at radius 1 is 1.50 bits per heavy atom. The molecule has 4 nitrogen and oxygen atoms in total. The SMILES string of the molecule is Cc1ccc(F)c(-n2cc(C(N)=O)cn2)c1. The summed E-state index contributed by atoms with van der Waals surface area (Å²) < 4.78 is 14.8. The summed E-state index contributed by atoms with van der Waals surface area (Å²) in [5.74, 6) is -0.982. The molecule has 2 N–H and O–H groups in total. The number of nitrogens with two attached hydrogens (primary N) is 1. The van der Waals surface area contributed by atoms with Gasteiger partial charge in [-0.1, -0.05) is 6.07 Å². The zero-order valence-corrected chi connectivity index (χ0v) is 8.64. The number of amides is 1. The van der Waals surface area contributed by atoms with Gasteiger partial charge in [-0.25, -0.2) is 9.07 Å². The number of carbonyl (C=O) groups is 1. The van der Waals surface area contributed by atoms with Crippen molar-refractivity contribution in [1.82, 2.24) is 9.78 Å². The Kier molecular flexibility index (Phi) is 2.44. The van der Waals surface area contributed by atoms with Gasteiger partial charge in [0.1, 0.15) is 11.5 Å². The fourth-order valence-electron chi connectivity index (χ4n) is 1.38. The van der Waals surface area contributed by atoms with Crippen molar-refractivity contribution >= 4 is 5.91 Å². The summed E-state index contributed by atoms with van der Waals surface area (Å²) in [5, 5.41) is 3.89. The summed E-state index contributed by atoms with van der Waals surface area (Å²) in [6.45, 7) is 1.85. The van der Waals surface area contributed by atoms with Gasteiger partial charge in [0.2, 0.25) is 0 Å². The molecule has 0 bridgehead atoms. The smallest absolute Gasteiger partial charge is 0.251 e. The van der Waals surface area contributed by atoms with Crippen LogP contribution >= 0.6 is 0 Å². The van der Waals surface area contributed by atoms with Crippen LogP contribution in [-0.4, -0.2) is 15.7 Å². The highest BCUT2D eigenvalue weighted by molar-refractivity contribution is 5.92.